The number of hydrogen-bond acceptors (Lipinski definition) is 2. The Balaban J connectivity index is 1.49. The maximum absolute atomic E-state index is 12.8. The molecule has 0 spiro atoms. The summed E-state index contributed by atoms with van der Waals surface area (Å²) in [6.07, 6.45) is 1.93. The highest BCUT2D eigenvalue weighted by Gasteiger charge is 2.25. The maximum Gasteiger partial charge on any atom is 0.242 e. The first-order valence-electron chi connectivity index (χ1n) is 8.39. The fourth-order valence-electron chi connectivity index (χ4n) is 3.29. The minimum atomic E-state index is -0.0468. The van der Waals surface area contributed by atoms with Crippen LogP contribution in [0.15, 0.2) is 65.3 Å². The zero-order valence-corrected chi connectivity index (χ0v) is 15.4. The Morgan fingerprint density at radius 2 is 2.00 bits per heavy atom. The number of carbonyl (C=O) groups is 1. The van der Waals surface area contributed by atoms with Crippen molar-refractivity contribution in [3.05, 3.63) is 70.8 Å². The zero-order chi connectivity index (χ0) is 17.2. The Morgan fingerprint density at radius 3 is 2.84 bits per heavy atom. The van der Waals surface area contributed by atoms with Gasteiger partial charge in [0.15, 0.2) is 0 Å². The lowest BCUT2D eigenvalue weighted by molar-refractivity contribution is -0.139. The molecular weight excluding hydrogens is 380 g/mol. The molecule has 0 saturated carbocycles. The van der Waals surface area contributed by atoms with Crippen molar-refractivity contribution in [2.45, 2.75) is 12.6 Å². The van der Waals surface area contributed by atoms with Crippen molar-refractivity contribution in [3.8, 4) is 0 Å². The van der Waals surface area contributed by atoms with Gasteiger partial charge in [0.05, 0.1) is 13.2 Å². The summed E-state index contributed by atoms with van der Waals surface area (Å²) in [5, 5.41) is 1.14. The monoisotopic (exact) mass is 398 g/mol. The average Bonchev–Trinajstić information content (AvgIpc) is 3.04. The molecule has 0 radical (unpaired) electrons. The van der Waals surface area contributed by atoms with Crippen LogP contribution in [0.5, 0.6) is 0 Å². The number of amides is 1. The summed E-state index contributed by atoms with van der Waals surface area (Å²) in [4.78, 5) is 14.7. The Hall–Kier alpha value is -2.11. The van der Waals surface area contributed by atoms with E-state index >= 15 is 0 Å². The summed E-state index contributed by atoms with van der Waals surface area (Å²) in [6.45, 7) is 2.17. The van der Waals surface area contributed by atoms with E-state index in [1.807, 2.05) is 46.0 Å². The minimum absolute atomic E-state index is 0.0468. The molecule has 1 aliphatic heterocycles. The average molecular weight is 399 g/mol. The Labute approximate surface area is 155 Å². The molecule has 1 aliphatic rings. The molecule has 1 saturated heterocycles. The SMILES string of the molecule is O=C(Cn1ccc2ccc(Br)cc21)N1CCO[C@H](c2ccccc2)C1. The third-order valence-corrected chi connectivity index (χ3v) is 5.13. The highest BCUT2D eigenvalue weighted by atomic mass is 79.9. The number of morpholine rings is 1. The van der Waals surface area contributed by atoms with Gasteiger partial charge in [0.1, 0.15) is 12.6 Å². The van der Waals surface area contributed by atoms with Gasteiger partial charge in [0.25, 0.3) is 0 Å². The molecule has 25 heavy (non-hydrogen) atoms. The van der Waals surface area contributed by atoms with Crippen molar-refractivity contribution >= 4 is 32.7 Å². The minimum Gasteiger partial charge on any atom is -0.370 e. The zero-order valence-electron chi connectivity index (χ0n) is 13.8. The van der Waals surface area contributed by atoms with Gasteiger partial charge in [0, 0.05) is 22.7 Å². The van der Waals surface area contributed by atoms with Gasteiger partial charge in [-0.05, 0) is 29.1 Å². The van der Waals surface area contributed by atoms with E-state index in [-0.39, 0.29) is 12.0 Å². The predicted molar refractivity (Wildman–Crippen MR) is 101 cm³/mol. The van der Waals surface area contributed by atoms with E-state index in [1.54, 1.807) is 0 Å². The molecule has 1 atom stereocenters. The summed E-state index contributed by atoms with van der Waals surface area (Å²) in [6, 6.07) is 18.3. The van der Waals surface area contributed by atoms with E-state index in [0.717, 1.165) is 20.9 Å². The molecule has 2 aromatic carbocycles. The van der Waals surface area contributed by atoms with Crippen molar-refractivity contribution in [2.75, 3.05) is 19.7 Å². The lowest BCUT2D eigenvalue weighted by atomic mass is 10.1. The van der Waals surface area contributed by atoms with Crippen LogP contribution in [0, 0.1) is 0 Å². The first kappa shape index (κ1) is 16.4. The Bertz CT molecular complexity index is 891. The molecule has 3 aromatic rings. The highest BCUT2D eigenvalue weighted by molar-refractivity contribution is 9.10. The normalized spacial score (nSPS) is 17.8. The van der Waals surface area contributed by atoms with Crippen molar-refractivity contribution in [2.24, 2.45) is 0 Å². The fraction of sp³-hybridized carbons (Fsp3) is 0.250. The van der Waals surface area contributed by atoms with E-state index in [4.69, 9.17) is 4.74 Å². The molecule has 1 fully saturated rings. The van der Waals surface area contributed by atoms with Crippen LogP contribution in [0.3, 0.4) is 0 Å². The second-order valence-electron chi connectivity index (χ2n) is 6.26. The first-order valence-corrected chi connectivity index (χ1v) is 9.19. The number of aromatic nitrogens is 1. The van der Waals surface area contributed by atoms with Gasteiger partial charge in [-0.15, -0.1) is 0 Å². The van der Waals surface area contributed by atoms with E-state index in [9.17, 15) is 4.79 Å². The number of carbonyl (C=O) groups excluding carboxylic acids is 1. The number of hydrogen-bond donors (Lipinski definition) is 0. The van der Waals surface area contributed by atoms with Gasteiger partial charge < -0.3 is 14.2 Å². The third-order valence-electron chi connectivity index (χ3n) is 4.63. The summed E-state index contributed by atoms with van der Waals surface area (Å²) >= 11 is 3.50. The molecule has 128 valence electrons. The van der Waals surface area contributed by atoms with Gasteiger partial charge in [-0.25, -0.2) is 0 Å². The quantitative estimate of drug-likeness (QED) is 0.667. The lowest BCUT2D eigenvalue weighted by Crippen LogP contribution is -2.43. The molecule has 0 N–H and O–H groups in total. The van der Waals surface area contributed by atoms with Crippen molar-refractivity contribution < 1.29 is 9.53 Å². The van der Waals surface area contributed by atoms with Gasteiger partial charge >= 0.3 is 0 Å². The maximum atomic E-state index is 12.8. The van der Waals surface area contributed by atoms with Gasteiger partial charge in [-0.1, -0.05) is 52.3 Å². The smallest absolute Gasteiger partial charge is 0.242 e. The van der Waals surface area contributed by atoms with Crippen molar-refractivity contribution in [3.63, 3.8) is 0 Å². The fourth-order valence-corrected chi connectivity index (χ4v) is 3.63. The molecule has 0 unspecified atom stereocenters. The van der Waals surface area contributed by atoms with Gasteiger partial charge in [0.2, 0.25) is 5.91 Å². The molecule has 4 nitrogen and oxygen atoms in total. The standard InChI is InChI=1S/C20H19BrN2O2/c21-17-7-6-15-8-9-22(18(15)12-17)14-20(24)23-10-11-25-19(13-23)16-4-2-1-3-5-16/h1-9,12,19H,10-11,13-14H2/t19-/m0/s1. The molecule has 1 aromatic heterocycles. The van der Waals surface area contributed by atoms with Crippen LogP contribution in [0.4, 0.5) is 0 Å². The number of benzene rings is 2. The second-order valence-corrected chi connectivity index (χ2v) is 7.17. The van der Waals surface area contributed by atoms with Crippen molar-refractivity contribution in [1.82, 2.24) is 9.47 Å². The van der Waals surface area contributed by atoms with Crippen LogP contribution in [0.1, 0.15) is 11.7 Å². The summed E-state index contributed by atoms with van der Waals surface area (Å²) in [5.41, 5.74) is 2.19. The highest BCUT2D eigenvalue weighted by Crippen LogP contribution is 2.24. The molecular formula is C20H19BrN2O2. The number of fused-ring (bicyclic) bond motifs is 1. The van der Waals surface area contributed by atoms with E-state index < -0.39 is 0 Å². The van der Waals surface area contributed by atoms with E-state index in [2.05, 4.69) is 40.2 Å². The Kier molecular flexibility index (Phi) is 4.59. The van der Waals surface area contributed by atoms with E-state index in [1.165, 1.54) is 0 Å². The van der Waals surface area contributed by atoms with Crippen LogP contribution >= 0.6 is 15.9 Å². The number of halogens is 1. The summed E-state index contributed by atoms with van der Waals surface area (Å²) < 4.78 is 8.88. The molecule has 1 amide bonds. The number of nitrogens with zero attached hydrogens (tertiary/aromatic N) is 2. The summed E-state index contributed by atoms with van der Waals surface area (Å²) in [7, 11) is 0. The topological polar surface area (TPSA) is 34.5 Å². The first-order chi connectivity index (χ1) is 12.2. The van der Waals surface area contributed by atoms with Crippen molar-refractivity contribution in [1.29, 1.82) is 0 Å². The largest absolute Gasteiger partial charge is 0.370 e. The van der Waals surface area contributed by atoms with Crippen LogP contribution in [-0.4, -0.2) is 35.1 Å². The van der Waals surface area contributed by atoms with Crippen LogP contribution in [-0.2, 0) is 16.1 Å². The molecule has 4 rings (SSSR count). The van der Waals surface area contributed by atoms with Gasteiger partial charge in [-0.3, -0.25) is 4.79 Å². The van der Waals surface area contributed by atoms with Crippen LogP contribution in [0.2, 0.25) is 0 Å². The molecule has 0 aliphatic carbocycles. The molecule has 0 bridgehead atoms. The summed E-state index contributed by atoms with van der Waals surface area (Å²) in [5.74, 6) is 0.127. The third kappa shape index (κ3) is 3.48. The van der Waals surface area contributed by atoms with Crippen LogP contribution < -0.4 is 0 Å². The molecule has 2 heterocycles. The lowest BCUT2D eigenvalue weighted by Gasteiger charge is -2.33. The number of rotatable bonds is 3. The molecule has 5 heteroatoms. The van der Waals surface area contributed by atoms with E-state index in [0.29, 0.717) is 26.2 Å². The Morgan fingerprint density at radius 1 is 1.16 bits per heavy atom. The van der Waals surface area contributed by atoms with Gasteiger partial charge in [-0.2, -0.15) is 0 Å². The number of ether oxygens (including phenoxy) is 1. The van der Waals surface area contributed by atoms with Crippen LogP contribution in [0.25, 0.3) is 10.9 Å². The second kappa shape index (κ2) is 7.02. The predicted octanol–water partition coefficient (Wildman–Crippen LogP) is 4.00.